The van der Waals surface area contributed by atoms with E-state index in [1.54, 1.807) is 11.3 Å². The molecule has 2 aromatic heterocycles. The molecule has 0 saturated carbocycles. The average molecular weight is 240 g/mol. The van der Waals surface area contributed by atoms with Crippen molar-refractivity contribution in [3.8, 4) is 0 Å². The molecule has 4 nitrogen and oxygen atoms in total. The van der Waals surface area contributed by atoms with Crippen molar-refractivity contribution in [3.63, 3.8) is 0 Å². The Morgan fingerprint density at radius 2 is 2.40 bits per heavy atom. The molecule has 15 heavy (non-hydrogen) atoms. The molecule has 2 aromatic rings. The van der Waals surface area contributed by atoms with Crippen LogP contribution in [0.25, 0.3) is 0 Å². The quantitative estimate of drug-likeness (QED) is 0.859. The third-order valence-electron chi connectivity index (χ3n) is 1.88. The number of hydrogen-bond acceptors (Lipinski definition) is 6. The average Bonchev–Trinajstić information content (AvgIpc) is 2.76. The minimum absolute atomic E-state index is 0.576. The molecule has 0 radical (unpaired) electrons. The normalized spacial score (nSPS) is 10.5. The summed E-state index contributed by atoms with van der Waals surface area (Å²) in [6, 6.07) is 1.84. The van der Waals surface area contributed by atoms with Crippen molar-refractivity contribution >= 4 is 33.7 Å². The molecule has 0 bridgehead atoms. The van der Waals surface area contributed by atoms with Gasteiger partial charge in [0.15, 0.2) is 0 Å². The third-order valence-corrected chi connectivity index (χ3v) is 3.46. The van der Waals surface area contributed by atoms with E-state index in [1.807, 2.05) is 13.0 Å². The number of hydrogen-bond donors (Lipinski definition) is 2. The minimum atomic E-state index is 0.576. The Labute approximate surface area is 96.3 Å². The zero-order valence-corrected chi connectivity index (χ0v) is 9.99. The lowest BCUT2D eigenvalue weighted by Crippen LogP contribution is -2.03. The molecule has 2 rings (SSSR count). The predicted molar refractivity (Wildman–Crippen MR) is 65.6 cm³/mol. The fourth-order valence-corrected chi connectivity index (χ4v) is 2.45. The maximum Gasteiger partial charge on any atom is 0.139 e. The van der Waals surface area contributed by atoms with E-state index in [0.29, 0.717) is 5.82 Å². The van der Waals surface area contributed by atoms with E-state index in [1.165, 1.54) is 11.5 Å². The van der Waals surface area contributed by atoms with Crippen LogP contribution in [0.5, 0.6) is 0 Å². The molecule has 0 atom stereocenters. The lowest BCUT2D eigenvalue weighted by atomic mass is 10.3. The lowest BCUT2D eigenvalue weighted by Gasteiger charge is -1.99. The maximum atomic E-state index is 5.51. The Balaban J connectivity index is 1.80. The third kappa shape index (κ3) is 2.90. The van der Waals surface area contributed by atoms with E-state index in [-0.39, 0.29) is 0 Å². The van der Waals surface area contributed by atoms with Gasteiger partial charge in [-0.3, -0.25) is 0 Å². The monoisotopic (exact) mass is 240 g/mol. The molecule has 0 aliphatic heterocycles. The summed E-state index contributed by atoms with van der Waals surface area (Å²) in [4.78, 5) is 4.39. The van der Waals surface area contributed by atoms with Gasteiger partial charge in [0.25, 0.3) is 0 Å². The van der Waals surface area contributed by atoms with Crippen LogP contribution in [0, 0.1) is 6.92 Å². The van der Waals surface area contributed by atoms with E-state index in [4.69, 9.17) is 5.73 Å². The van der Waals surface area contributed by atoms with Crippen molar-refractivity contribution in [2.75, 3.05) is 17.6 Å². The summed E-state index contributed by atoms with van der Waals surface area (Å²) in [5, 5.41) is 7.49. The van der Waals surface area contributed by atoms with Gasteiger partial charge in [-0.05, 0) is 18.5 Å². The number of nitrogens with zero attached hydrogens (tertiary/aromatic N) is 2. The number of aromatic nitrogens is 2. The van der Waals surface area contributed by atoms with Crippen molar-refractivity contribution in [3.05, 3.63) is 22.1 Å². The van der Waals surface area contributed by atoms with Gasteiger partial charge in [-0.15, -0.1) is 11.3 Å². The lowest BCUT2D eigenvalue weighted by molar-refractivity contribution is 0.972. The molecule has 3 N–H and O–H groups in total. The Bertz CT molecular complexity index is 395. The summed E-state index contributed by atoms with van der Waals surface area (Å²) in [7, 11) is 0. The smallest absolute Gasteiger partial charge is 0.139 e. The van der Waals surface area contributed by atoms with E-state index < -0.39 is 0 Å². The largest absolute Gasteiger partial charge is 0.383 e. The Hall–Kier alpha value is -1.14. The molecule has 6 heteroatoms. The molecule has 0 amide bonds. The number of anilines is 2. The first-order valence-corrected chi connectivity index (χ1v) is 6.26. The van der Waals surface area contributed by atoms with Gasteiger partial charge in [0.2, 0.25) is 0 Å². The van der Waals surface area contributed by atoms with Gasteiger partial charge in [0, 0.05) is 24.4 Å². The first-order chi connectivity index (χ1) is 7.24. The molecular formula is C9H12N4S2. The topological polar surface area (TPSA) is 63.8 Å². The van der Waals surface area contributed by atoms with Gasteiger partial charge in [0.05, 0.1) is 10.7 Å². The number of rotatable bonds is 4. The van der Waals surface area contributed by atoms with Crippen molar-refractivity contribution in [1.82, 2.24) is 9.36 Å². The number of nitrogen functional groups attached to an aromatic ring is 1. The highest BCUT2D eigenvalue weighted by atomic mass is 32.1. The van der Waals surface area contributed by atoms with E-state index in [9.17, 15) is 0 Å². The standard InChI is InChI=1S/C9H12N4S2/c1-6-12-7(5-14-6)2-3-11-9-4-8(10)13-15-9/h4-5,11H,2-3H2,1H3,(H2,10,13). The van der Waals surface area contributed by atoms with Crippen LogP contribution in [-0.4, -0.2) is 15.9 Å². The fraction of sp³-hybridized carbons (Fsp3) is 0.333. The van der Waals surface area contributed by atoms with Crippen LogP contribution in [0.1, 0.15) is 10.7 Å². The van der Waals surface area contributed by atoms with Gasteiger partial charge in [-0.25, -0.2) is 4.98 Å². The molecule has 0 fully saturated rings. The highest BCUT2D eigenvalue weighted by Gasteiger charge is 2.00. The highest BCUT2D eigenvalue weighted by molar-refractivity contribution is 7.10. The zero-order valence-electron chi connectivity index (χ0n) is 8.36. The van der Waals surface area contributed by atoms with Gasteiger partial charge in [-0.2, -0.15) is 4.37 Å². The SMILES string of the molecule is Cc1nc(CCNc2cc(N)ns2)cs1. The number of nitrogens with one attached hydrogen (secondary N) is 1. The Kier molecular flexibility index (Phi) is 3.17. The molecule has 0 aromatic carbocycles. The summed E-state index contributed by atoms with van der Waals surface area (Å²) in [6.45, 7) is 2.89. The second kappa shape index (κ2) is 4.59. The Morgan fingerprint density at radius 3 is 3.00 bits per heavy atom. The summed E-state index contributed by atoms with van der Waals surface area (Å²) < 4.78 is 3.99. The highest BCUT2D eigenvalue weighted by Crippen LogP contribution is 2.17. The van der Waals surface area contributed by atoms with Crippen LogP contribution in [-0.2, 0) is 6.42 Å². The van der Waals surface area contributed by atoms with Crippen molar-refractivity contribution in [2.24, 2.45) is 0 Å². The molecule has 0 saturated heterocycles. The van der Waals surface area contributed by atoms with Gasteiger partial charge >= 0.3 is 0 Å². The van der Waals surface area contributed by atoms with Crippen LogP contribution in [0.15, 0.2) is 11.4 Å². The summed E-state index contributed by atoms with van der Waals surface area (Å²) in [6.07, 6.45) is 0.933. The molecule has 0 unspecified atom stereocenters. The molecule has 0 aliphatic rings. The first kappa shape index (κ1) is 10.4. The van der Waals surface area contributed by atoms with Crippen molar-refractivity contribution < 1.29 is 0 Å². The van der Waals surface area contributed by atoms with Gasteiger partial charge < -0.3 is 11.1 Å². The molecule has 2 heterocycles. The van der Waals surface area contributed by atoms with Crippen LogP contribution >= 0.6 is 22.9 Å². The predicted octanol–water partition coefficient (Wildman–Crippen LogP) is 2.14. The fourth-order valence-electron chi connectivity index (χ4n) is 1.21. The summed E-state index contributed by atoms with van der Waals surface area (Å²) in [5.41, 5.74) is 6.65. The van der Waals surface area contributed by atoms with Crippen LogP contribution in [0.3, 0.4) is 0 Å². The second-order valence-electron chi connectivity index (χ2n) is 3.15. The summed E-state index contributed by atoms with van der Waals surface area (Å²) >= 11 is 3.07. The summed E-state index contributed by atoms with van der Waals surface area (Å²) in [5.74, 6) is 0.576. The van der Waals surface area contributed by atoms with Gasteiger partial charge in [0.1, 0.15) is 10.8 Å². The van der Waals surface area contributed by atoms with E-state index >= 15 is 0 Å². The molecule has 80 valence electrons. The number of thiazole rings is 1. The van der Waals surface area contributed by atoms with Gasteiger partial charge in [-0.1, -0.05) is 0 Å². The first-order valence-electron chi connectivity index (χ1n) is 4.61. The Morgan fingerprint density at radius 1 is 1.53 bits per heavy atom. The minimum Gasteiger partial charge on any atom is -0.383 e. The number of nitrogens with two attached hydrogens (primary N) is 1. The molecule has 0 spiro atoms. The van der Waals surface area contributed by atoms with Crippen LogP contribution in [0.2, 0.25) is 0 Å². The second-order valence-corrected chi connectivity index (χ2v) is 5.02. The van der Waals surface area contributed by atoms with Crippen LogP contribution < -0.4 is 11.1 Å². The van der Waals surface area contributed by atoms with Crippen molar-refractivity contribution in [2.45, 2.75) is 13.3 Å². The van der Waals surface area contributed by atoms with Crippen molar-refractivity contribution in [1.29, 1.82) is 0 Å². The van der Waals surface area contributed by atoms with E-state index in [0.717, 1.165) is 28.7 Å². The van der Waals surface area contributed by atoms with Crippen LogP contribution in [0.4, 0.5) is 10.8 Å². The zero-order chi connectivity index (χ0) is 10.7. The maximum absolute atomic E-state index is 5.51. The van der Waals surface area contributed by atoms with E-state index in [2.05, 4.69) is 20.1 Å². The molecular weight excluding hydrogens is 228 g/mol. The number of aryl methyl sites for hydroxylation is 1. The molecule has 0 aliphatic carbocycles.